The van der Waals surface area contributed by atoms with Gasteiger partial charge < -0.3 is 5.11 Å². The molecule has 1 radical (unpaired) electrons. The summed E-state index contributed by atoms with van der Waals surface area (Å²) in [4.78, 5) is 0. The van der Waals surface area contributed by atoms with Crippen molar-refractivity contribution >= 4 is 8.80 Å². The molecule has 0 saturated carbocycles. The minimum Gasteiger partial charge on any atom is -0.396 e. The Morgan fingerprint density at radius 2 is 1.87 bits per heavy atom. The van der Waals surface area contributed by atoms with Crippen molar-refractivity contribution in [2.24, 2.45) is 5.92 Å². The highest BCUT2D eigenvalue weighted by Crippen LogP contribution is 2.15. The van der Waals surface area contributed by atoms with Crippen molar-refractivity contribution < 1.29 is 5.11 Å². The molecule has 2 heteroatoms. The molecule has 0 aliphatic heterocycles. The molecule has 1 N–H and O–H groups in total. The van der Waals surface area contributed by atoms with Crippen LogP contribution in [0.1, 0.15) is 45.4 Å². The summed E-state index contributed by atoms with van der Waals surface area (Å²) in [5.74, 6) is 0.617. The largest absolute Gasteiger partial charge is 0.396 e. The van der Waals surface area contributed by atoms with Crippen LogP contribution in [0, 0.1) is 5.92 Å². The van der Waals surface area contributed by atoms with Crippen LogP contribution in [0.5, 0.6) is 0 Å². The predicted octanol–water partition coefficient (Wildman–Crippen LogP) is 3.81. The van der Waals surface area contributed by atoms with Crippen LogP contribution >= 0.6 is 0 Å². The normalized spacial score (nSPS) is 13.9. The van der Waals surface area contributed by atoms with Crippen LogP contribution in [0.2, 0.25) is 13.1 Å². The molecule has 89 valence electrons. The van der Waals surface area contributed by atoms with Crippen molar-refractivity contribution in [1.29, 1.82) is 0 Å². The van der Waals surface area contributed by atoms with Crippen molar-refractivity contribution in [3.05, 3.63) is 11.8 Å². The van der Waals surface area contributed by atoms with Gasteiger partial charge in [-0.2, -0.15) is 0 Å². The molecule has 0 spiro atoms. The van der Waals surface area contributed by atoms with Gasteiger partial charge in [-0.1, -0.05) is 51.8 Å². The second-order valence-corrected chi connectivity index (χ2v) is 7.05. The molecule has 1 nitrogen and oxygen atoms in total. The summed E-state index contributed by atoms with van der Waals surface area (Å²) in [6.45, 7) is 7.18. The Hall–Kier alpha value is -0.0831. The van der Waals surface area contributed by atoms with E-state index in [1.165, 1.54) is 32.1 Å². The van der Waals surface area contributed by atoms with E-state index in [1.54, 1.807) is 0 Å². The number of unbranched alkanes of at least 4 members (excludes halogenated alkanes) is 3. The number of allylic oxidation sites excluding steroid dienone is 1. The molecule has 0 saturated heterocycles. The Bertz CT molecular complexity index is 155. The van der Waals surface area contributed by atoms with Crippen molar-refractivity contribution in [3.63, 3.8) is 0 Å². The van der Waals surface area contributed by atoms with Crippen LogP contribution in [-0.2, 0) is 0 Å². The lowest BCUT2D eigenvalue weighted by Crippen LogP contribution is -2.02. The maximum absolute atomic E-state index is 8.98. The second-order valence-electron chi connectivity index (χ2n) is 4.56. The molecular formula is C13H27OSi. The third kappa shape index (κ3) is 10.2. The SMILES string of the molecule is CCCCCCC(/C=C\[Si](C)C)CCO. The lowest BCUT2D eigenvalue weighted by Gasteiger charge is -2.11. The average molecular weight is 227 g/mol. The summed E-state index contributed by atoms with van der Waals surface area (Å²) in [5.41, 5.74) is 2.37. The zero-order chi connectivity index (χ0) is 11.5. The topological polar surface area (TPSA) is 20.2 Å². The molecule has 15 heavy (non-hydrogen) atoms. The van der Waals surface area contributed by atoms with Gasteiger partial charge in [0.25, 0.3) is 0 Å². The highest BCUT2D eigenvalue weighted by molar-refractivity contribution is 6.61. The van der Waals surface area contributed by atoms with Crippen LogP contribution in [0.4, 0.5) is 0 Å². The van der Waals surface area contributed by atoms with Gasteiger partial charge in [0.05, 0.1) is 8.80 Å². The Kier molecular flexibility index (Phi) is 10.4. The smallest absolute Gasteiger partial charge is 0.0688 e. The first-order valence-electron chi connectivity index (χ1n) is 6.30. The van der Waals surface area contributed by atoms with E-state index in [1.807, 2.05) is 0 Å². The zero-order valence-electron chi connectivity index (χ0n) is 10.6. The van der Waals surface area contributed by atoms with E-state index in [0.29, 0.717) is 12.5 Å². The van der Waals surface area contributed by atoms with Gasteiger partial charge in [0, 0.05) is 6.61 Å². The summed E-state index contributed by atoms with van der Waals surface area (Å²) >= 11 is 0. The molecule has 0 heterocycles. The molecule has 0 aromatic carbocycles. The third-order valence-corrected chi connectivity index (χ3v) is 3.49. The molecule has 0 aliphatic rings. The number of hydrogen-bond acceptors (Lipinski definition) is 1. The molecule has 1 unspecified atom stereocenters. The Labute approximate surface area is 97.2 Å². The predicted molar refractivity (Wildman–Crippen MR) is 70.6 cm³/mol. The van der Waals surface area contributed by atoms with E-state index in [9.17, 15) is 0 Å². The van der Waals surface area contributed by atoms with Gasteiger partial charge >= 0.3 is 0 Å². The Morgan fingerprint density at radius 3 is 2.40 bits per heavy atom. The average Bonchev–Trinajstić information content (AvgIpc) is 2.20. The molecule has 0 amide bonds. The third-order valence-electron chi connectivity index (χ3n) is 2.63. The van der Waals surface area contributed by atoms with Gasteiger partial charge in [0.2, 0.25) is 0 Å². The highest BCUT2D eigenvalue weighted by Gasteiger charge is 2.04. The monoisotopic (exact) mass is 227 g/mol. The number of aliphatic hydroxyl groups is 1. The fraction of sp³-hybridized carbons (Fsp3) is 0.846. The summed E-state index contributed by atoms with van der Waals surface area (Å²) in [6.07, 6.45) is 9.87. The van der Waals surface area contributed by atoms with Crippen LogP contribution in [-0.4, -0.2) is 20.5 Å². The van der Waals surface area contributed by atoms with E-state index in [4.69, 9.17) is 5.11 Å². The van der Waals surface area contributed by atoms with Crippen molar-refractivity contribution in [3.8, 4) is 0 Å². The minimum atomic E-state index is -0.244. The standard InChI is InChI=1S/C13H27OSi/c1-4-5-6-7-8-13(9-11-14)10-12-15(2)3/h10,12-14H,4-9,11H2,1-3H3/b12-10-. The second kappa shape index (κ2) is 10.4. The Balaban J connectivity index is 3.72. The molecular weight excluding hydrogens is 200 g/mol. The lowest BCUT2D eigenvalue weighted by molar-refractivity contribution is 0.265. The molecule has 0 aromatic rings. The van der Waals surface area contributed by atoms with Gasteiger partial charge in [-0.3, -0.25) is 0 Å². The summed E-state index contributed by atoms with van der Waals surface area (Å²) in [6, 6.07) is 0. The van der Waals surface area contributed by atoms with Crippen LogP contribution in [0.25, 0.3) is 0 Å². The van der Waals surface area contributed by atoms with Crippen LogP contribution < -0.4 is 0 Å². The zero-order valence-corrected chi connectivity index (χ0v) is 11.6. The van der Waals surface area contributed by atoms with Gasteiger partial charge in [-0.25, -0.2) is 0 Å². The van der Waals surface area contributed by atoms with E-state index in [0.717, 1.165) is 6.42 Å². The van der Waals surface area contributed by atoms with Gasteiger partial charge in [-0.05, 0) is 18.8 Å². The van der Waals surface area contributed by atoms with E-state index < -0.39 is 0 Å². The summed E-state index contributed by atoms with van der Waals surface area (Å²) < 4.78 is 0. The van der Waals surface area contributed by atoms with E-state index in [2.05, 4.69) is 31.8 Å². The highest BCUT2D eigenvalue weighted by atomic mass is 28.3. The molecule has 0 aromatic heterocycles. The van der Waals surface area contributed by atoms with Crippen LogP contribution in [0.3, 0.4) is 0 Å². The fourth-order valence-corrected chi connectivity index (χ4v) is 2.32. The fourth-order valence-electron chi connectivity index (χ4n) is 1.66. The molecule has 0 bridgehead atoms. The van der Waals surface area contributed by atoms with Gasteiger partial charge in [0.1, 0.15) is 0 Å². The summed E-state index contributed by atoms with van der Waals surface area (Å²) in [5, 5.41) is 8.98. The molecule has 0 aliphatic carbocycles. The number of hydrogen-bond donors (Lipinski definition) is 1. The van der Waals surface area contributed by atoms with Crippen LogP contribution in [0.15, 0.2) is 11.8 Å². The first-order chi connectivity index (χ1) is 7.20. The first-order valence-corrected chi connectivity index (χ1v) is 8.87. The quantitative estimate of drug-likeness (QED) is 0.469. The van der Waals surface area contributed by atoms with E-state index in [-0.39, 0.29) is 8.80 Å². The maximum atomic E-state index is 8.98. The maximum Gasteiger partial charge on any atom is 0.0688 e. The van der Waals surface area contributed by atoms with Crippen molar-refractivity contribution in [2.75, 3.05) is 6.61 Å². The van der Waals surface area contributed by atoms with Crippen molar-refractivity contribution in [1.82, 2.24) is 0 Å². The van der Waals surface area contributed by atoms with Crippen molar-refractivity contribution in [2.45, 2.75) is 58.5 Å². The Morgan fingerprint density at radius 1 is 1.13 bits per heavy atom. The van der Waals surface area contributed by atoms with E-state index >= 15 is 0 Å². The lowest BCUT2D eigenvalue weighted by atomic mass is 9.98. The van der Waals surface area contributed by atoms with Gasteiger partial charge in [-0.15, -0.1) is 5.70 Å². The van der Waals surface area contributed by atoms with Gasteiger partial charge in [0.15, 0.2) is 0 Å². The first kappa shape index (κ1) is 14.9. The number of aliphatic hydroxyl groups excluding tert-OH is 1. The summed E-state index contributed by atoms with van der Waals surface area (Å²) in [7, 11) is -0.244. The minimum absolute atomic E-state index is 0.244. The molecule has 1 atom stereocenters. The molecule has 0 fully saturated rings. The molecule has 0 rings (SSSR count). The number of rotatable bonds is 9.